The molecule has 0 radical (unpaired) electrons. The molecule has 1 aromatic heterocycles. The van der Waals surface area contributed by atoms with Crippen molar-refractivity contribution < 1.29 is 13.9 Å². The summed E-state index contributed by atoms with van der Waals surface area (Å²) in [5.74, 6) is -0.315. The molecule has 0 unspecified atom stereocenters. The van der Waals surface area contributed by atoms with Gasteiger partial charge in [-0.2, -0.15) is 0 Å². The molecule has 94 valence electrons. The van der Waals surface area contributed by atoms with Crippen LogP contribution >= 0.6 is 11.3 Å². The van der Waals surface area contributed by atoms with Gasteiger partial charge in [-0.25, -0.2) is 9.18 Å². The Labute approximate surface area is 113 Å². The number of thiophene rings is 1. The first-order valence-electron chi connectivity index (χ1n) is 5.69. The summed E-state index contributed by atoms with van der Waals surface area (Å²) < 4.78 is 19.5. The number of benzene rings is 2. The van der Waals surface area contributed by atoms with Crippen LogP contribution in [0.5, 0.6) is 5.75 Å². The zero-order valence-corrected chi connectivity index (χ0v) is 10.6. The fourth-order valence-corrected chi connectivity index (χ4v) is 2.72. The highest BCUT2D eigenvalue weighted by Crippen LogP contribution is 2.28. The molecule has 0 bridgehead atoms. The van der Waals surface area contributed by atoms with Crippen molar-refractivity contribution in [2.24, 2.45) is 0 Å². The molecule has 0 N–H and O–H groups in total. The minimum atomic E-state index is -0.466. The number of halogens is 1. The highest BCUT2D eigenvalue weighted by molar-refractivity contribution is 7.20. The van der Waals surface area contributed by atoms with Crippen molar-refractivity contribution in [3.8, 4) is 5.75 Å². The zero-order chi connectivity index (χ0) is 13.2. The lowest BCUT2D eigenvalue weighted by molar-refractivity contribution is 0.0740. The Hall–Kier alpha value is -2.20. The van der Waals surface area contributed by atoms with Gasteiger partial charge in [-0.1, -0.05) is 24.3 Å². The number of carbonyl (C=O) groups is 1. The van der Waals surface area contributed by atoms with Gasteiger partial charge in [0, 0.05) is 10.1 Å². The van der Waals surface area contributed by atoms with E-state index in [1.54, 1.807) is 36.4 Å². The van der Waals surface area contributed by atoms with E-state index < -0.39 is 5.97 Å². The third-order valence-electron chi connectivity index (χ3n) is 2.66. The van der Waals surface area contributed by atoms with Gasteiger partial charge in [-0.05, 0) is 30.3 Å². The third kappa shape index (κ3) is 2.35. The van der Waals surface area contributed by atoms with E-state index >= 15 is 0 Å². The van der Waals surface area contributed by atoms with E-state index in [1.807, 2.05) is 6.07 Å². The molecule has 2 aromatic carbocycles. The molecule has 2 nitrogen and oxygen atoms in total. The highest BCUT2D eigenvalue weighted by atomic mass is 32.1. The Morgan fingerprint density at radius 3 is 2.58 bits per heavy atom. The van der Waals surface area contributed by atoms with Crippen LogP contribution in [0.1, 0.15) is 9.67 Å². The van der Waals surface area contributed by atoms with Crippen LogP contribution in [0.15, 0.2) is 54.6 Å². The second kappa shape index (κ2) is 4.82. The summed E-state index contributed by atoms with van der Waals surface area (Å²) in [5, 5.41) is 0.451. The van der Waals surface area contributed by atoms with Gasteiger partial charge in [0.2, 0.25) is 0 Å². The van der Waals surface area contributed by atoms with E-state index in [2.05, 4.69) is 0 Å². The Morgan fingerprint density at radius 1 is 1.05 bits per heavy atom. The monoisotopic (exact) mass is 272 g/mol. The van der Waals surface area contributed by atoms with E-state index in [0.717, 1.165) is 4.70 Å². The minimum Gasteiger partial charge on any atom is -0.422 e. The SMILES string of the molecule is O=C(Oc1ccccc1)c1cc2c(F)cccc2s1. The lowest BCUT2D eigenvalue weighted by Crippen LogP contribution is -2.05. The standard InChI is InChI=1S/C15H9FO2S/c16-12-7-4-8-13-11(12)9-14(19-13)15(17)18-10-5-2-1-3-6-10/h1-9H. The van der Waals surface area contributed by atoms with E-state index in [1.165, 1.54) is 23.5 Å². The smallest absolute Gasteiger partial charge is 0.353 e. The van der Waals surface area contributed by atoms with E-state index in [9.17, 15) is 9.18 Å². The maximum atomic E-state index is 13.5. The summed E-state index contributed by atoms with van der Waals surface area (Å²) in [6, 6.07) is 15.1. The van der Waals surface area contributed by atoms with Crippen molar-refractivity contribution in [2.75, 3.05) is 0 Å². The third-order valence-corrected chi connectivity index (χ3v) is 3.74. The van der Waals surface area contributed by atoms with Crippen LogP contribution in [0.4, 0.5) is 4.39 Å². The second-order valence-electron chi connectivity index (χ2n) is 3.96. The van der Waals surface area contributed by atoms with E-state index in [0.29, 0.717) is 16.0 Å². The molecule has 0 amide bonds. The number of esters is 1. The first-order valence-corrected chi connectivity index (χ1v) is 6.51. The number of fused-ring (bicyclic) bond motifs is 1. The van der Waals surface area contributed by atoms with Crippen molar-refractivity contribution in [3.63, 3.8) is 0 Å². The molecule has 3 aromatic rings. The first kappa shape index (κ1) is 11.9. The van der Waals surface area contributed by atoms with Crippen LogP contribution < -0.4 is 4.74 Å². The number of rotatable bonds is 2. The maximum absolute atomic E-state index is 13.5. The molecule has 19 heavy (non-hydrogen) atoms. The number of carbonyl (C=O) groups excluding carboxylic acids is 1. The predicted octanol–water partition coefficient (Wildman–Crippen LogP) is 4.26. The number of para-hydroxylation sites is 1. The highest BCUT2D eigenvalue weighted by Gasteiger charge is 2.14. The lowest BCUT2D eigenvalue weighted by Gasteiger charge is -2.00. The Kier molecular flexibility index (Phi) is 3.01. The quantitative estimate of drug-likeness (QED) is 0.514. The fraction of sp³-hybridized carbons (Fsp3) is 0. The maximum Gasteiger partial charge on any atom is 0.353 e. The first-order chi connectivity index (χ1) is 9.24. The molecule has 4 heteroatoms. The van der Waals surface area contributed by atoms with Crippen molar-refractivity contribution in [3.05, 3.63) is 65.3 Å². The Morgan fingerprint density at radius 2 is 1.84 bits per heavy atom. The second-order valence-corrected chi connectivity index (χ2v) is 5.05. The van der Waals surface area contributed by atoms with E-state index in [4.69, 9.17) is 4.74 Å². The van der Waals surface area contributed by atoms with Gasteiger partial charge in [-0.15, -0.1) is 11.3 Å². The van der Waals surface area contributed by atoms with Gasteiger partial charge in [0.05, 0.1) is 0 Å². The molecule has 1 heterocycles. The average Bonchev–Trinajstić information content (AvgIpc) is 2.85. The van der Waals surface area contributed by atoms with Gasteiger partial charge in [-0.3, -0.25) is 0 Å². The van der Waals surface area contributed by atoms with Gasteiger partial charge >= 0.3 is 5.97 Å². The lowest BCUT2D eigenvalue weighted by atomic mass is 10.2. The fourth-order valence-electron chi connectivity index (χ4n) is 1.77. The van der Waals surface area contributed by atoms with Crippen molar-refractivity contribution in [1.82, 2.24) is 0 Å². The van der Waals surface area contributed by atoms with Gasteiger partial charge in [0.15, 0.2) is 0 Å². The summed E-state index contributed by atoms with van der Waals surface area (Å²) in [6.07, 6.45) is 0. The van der Waals surface area contributed by atoms with Crippen LogP contribution in [-0.2, 0) is 0 Å². The molecule has 0 aliphatic rings. The molecule has 3 rings (SSSR count). The summed E-state index contributed by atoms with van der Waals surface area (Å²) in [5.41, 5.74) is 0. The Balaban J connectivity index is 1.92. The van der Waals surface area contributed by atoms with Gasteiger partial charge in [0.25, 0.3) is 0 Å². The normalized spacial score (nSPS) is 10.6. The topological polar surface area (TPSA) is 26.3 Å². The number of hydrogen-bond donors (Lipinski definition) is 0. The predicted molar refractivity (Wildman–Crippen MR) is 73.2 cm³/mol. The van der Waals surface area contributed by atoms with Crippen LogP contribution in [0.3, 0.4) is 0 Å². The van der Waals surface area contributed by atoms with Crippen LogP contribution in [-0.4, -0.2) is 5.97 Å². The molecular formula is C15H9FO2S. The average molecular weight is 272 g/mol. The van der Waals surface area contributed by atoms with Crippen molar-refractivity contribution >= 4 is 27.4 Å². The summed E-state index contributed by atoms with van der Waals surface area (Å²) in [6.45, 7) is 0. The van der Waals surface area contributed by atoms with E-state index in [-0.39, 0.29) is 5.82 Å². The zero-order valence-electron chi connectivity index (χ0n) is 9.80. The Bertz CT molecular complexity index is 734. The van der Waals surface area contributed by atoms with Crippen LogP contribution in [0, 0.1) is 5.82 Å². The molecule has 0 aliphatic carbocycles. The summed E-state index contributed by atoms with van der Waals surface area (Å²) in [4.78, 5) is 12.4. The molecular weight excluding hydrogens is 263 g/mol. The molecule has 0 saturated carbocycles. The van der Waals surface area contributed by atoms with Gasteiger partial charge in [0.1, 0.15) is 16.4 Å². The molecule has 0 atom stereocenters. The molecule has 0 aliphatic heterocycles. The molecule has 0 spiro atoms. The molecule has 0 saturated heterocycles. The van der Waals surface area contributed by atoms with Crippen molar-refractivity contribution in [1.29, 1.82) is 0 Å². The number of ether oxygens (including phenoxy) is 1. The van der Waals surface area contributed by atoms with Crippen LogP contribution in [0.2, 0.25) is 0 Å². The van der Waals surface area contributed by atoms with Crippen molar-refractivity contribution in [2.45, 2.75) is 0 Å². The summed E-state index contributed by atoms with van der Waals surface area (Å²) in [7, 11) is 0. The molecule has 0 fully saturated rings. The minimum absolute atomic E-state index is 0.326. The largest absolute Gasteiger partial charge is 0.422 e. The summed E-state index contributed by atoms with van der Waals surface area (Å²) >= 11 is 1.22. The number of hydrogen-bond acceptors (Lipinski definition) is 3. The van der Waals surface area contributed by atoms with Gasteiger partial charge < -0.3 is 4.74 Å². The van der Waals surface area contributed by atoms with Crippen LogP contribution in [0.25, 0.3) is 10.1 Å².